The maximum absolute atomic E-state index is 4.77. The molecule has 0 atom stereocenters. The largest absolute Gasteiger partial charge is 0.322 e. The van der Waals surface area contributed by atoms with Crippen LogP contribution in [0.5, 0.6) is 0 Å². The lowest BCUT2D eigenvalue weighted by molar-refractivity contribution is 0.523. The Hall–Kier alpha value is -2.10. The van der Waals surface area contributed by atoms with Crippen molar-refractivity contribution in [2.24, 2.45) is 0 Å². The van der Waals surface area contributed by atoms with Crippen LogP contribution in [-0.2, 0) is 13.0 Å². The lowest BCUT2D eigenvalue weighted by Crippen LogP contribution is -2.07. The van der Waals surface area contributed by atoms with Crippen molar-refractivity contribution in [3.63, 3.8) is 0 Å². The molecular formula is C17H22N4. The third-order valence-corrected chi connectivity index (χ3v) is 3.72. The molecule has 3 rings (SSSR count). The van der Waals surface area contributed by atoms with Gasteiger partial charge in [0.25, 0.3) is 0 Å². The molecule has 0 saturated carbocycles. The van der Waals surface area contributed by atoms with Crippen LogP contribution in [0, 0.1) is 0 Å². The van der Waals surface area contributed by atoms with E-state index >= 15 is 0 Å². The van der Waals surface area contributed by atoms with E-state index in [1.54, 1.807) is 0 Å². The van der Waals surface area contributed by atoms with Crippen LogP contribution in [0.25, 0.3) is 11.0 Å². The minimum Gasteiger partial charge on any atom is -0.322 e. The first kappa shape index (κ1) is 13.9. The second kappa shape index (κ2) is 5.72. The van der Waals surface area contributed by atoms with Crippen molar-refractivity contribution < 1.29 is 0 Å². The van der Waals surface area contributed by atoms with Crippen LogP contribution in [0.3, 0.4) is 0 Å². The first-order valence-corrected chi connectivity index (χ1v) is 7.67. The Morgan fingerprint density at radius 2 is 1.95 bits per heavy atom. The normalized spacial score (nSPS) is 11.6. The molecule has 0 saturated heterocycles. The number of para-hydroxylation sites is 2. The quantitative estimate of drug-likeness (QED) is 0.713. The van der Waals surface area contributed by atoms with E-state index in [2.05, 4.69) is 60.9 Å². The van der Waals surface area contributed by atoms with E-state index in [1.165, 1.54) is 5.52 Å². The second-order valence-corrected chi connectivity index (χ2v) is 5.73. The van der Waals surface area contributed by atoms with Crippen LogP contribution in [0.2, 0.25) is 0 Å². The first-order valence-electron chi connectivity index (χ1n) is 7.67. The van der Waals surface area contributed by atoms with Crippen LogP contribution in [0.1, 0.15) is 44.8 Å². The maximum atomic E-state index is 4.77. The number of hydrogen-bond donors (Lipinski definition) is 0. The molecule has 0 aliphatic carbocycles. The molecule has 0 fully saturated rings. The lowest BCUT2D eigenvalue weighted by Gasteiger charge is -2.07. The van der Waals surface area contributed by atoms with Gasteiger partial charge in [0.05, 0.1) is 23.3 Å². The number of rotatable bonds is 5. The summed E-state index contributed by atoms with van der Waals surface area (Å²) < 4.78 is 4.31. The Kier molecular flexibility index (Phi) is 3.78. The Morgan fingerprint density at radius 3 is 2.67 bits per heavy atom. The predicted octanol–water partition coefficient (Wildman–Crippen LogP) is 3.81. The molecular weight excluding hydrogens is 260 g/mol. The van der Waals surface area contributed by atoms with E-state index in [0.29, 0.717) is 6.04 Å². The Balaban J connectivity index is 1.99. The summed E-state index contributed by atoms with van der Waals surface area (Å²) in [5.41, 5.74) is 3.36. The third-order valence-electron chi connectivity index (χ3n) is 3.72. The van der Waals surface area contributed by atoms with Crippen LogP contribution in [0.15, 0.2) is 36.5 Å². The van der Waals surface area contributed by atoms with Gasteiger partial charge >= 0.3 is 0 Å². The van der Waals surface area contributed by atoms with E-state index in [1.807, 2.05) is 10.7 Å². The molecule has 1 aromatic carbocycles. The van der Waals surface area contributed by atoms with Gasteiger partial charge in [0.2, 0.25) is 0 Å². The van der Waals surface area contributed by atoms with Gasteiger partial charge in [0.1, 0.15) is 5.82 Å². The fourth-order valence-electron chi connectivity index (χ4n) is 2.63. The van der Waals surface area contributed by atoms with Gasteiger partial charge in [-0.25, -0.2) is 4.98 Å². The van der Waals surface area contributed by atoms with E-state index in [0.717, 1.165) is 36.4 Å². The monoisotopic (exact) mass is 282 g/mol. The summed E-state index contributed by atoms with van der Waals surface area (Å²) in [6, 6.07) is 10.8. The number of aryl methyl sites for hydroxylation is 1. The van der Waals surface area contributed by atoms with Crippen molar-refractivity contribution in [3.8, 4) is 0 Å². The van der Waals surface area contributed by atoms with Crippen molar-refractivity contribution in [2.75, 3.05) is 0 Å². The Labute approximate surface area is 125 Å². The van der Waals surface area contributed by atoms with Crippen LogP contribution in [0.4, 0.5) is 0 Å². The average Bonchev–Trinajstić information content (AvgIpc) is 3.06. The molecule has 0 unspecified atom stereocenters. The fourth-order valence-corrected chi connectivity index (χ4v) is 2.63. The van der Waals surface area contributed by atoms with Gasteiger partial charge in [-0.15, -0.1) is 0 Å². The highest BCUT2D eigenvalue weighted by molar-refractivity contribution is 5.76. The van der Waals surface area contributed by atoms with Crippen molar-refractivity contribution in [3.05, 3.63) is 48.0 Å². The van der Waals surface area contributed by atoms with E-state index in [4.69, 9.17) is 4.98 Å². The fraction of sp³-hybridized carbons (Fsp3) is 0.412. The predicted molar refractivity (Wildman–Crippen MR) is 85.4 cm³/mol. The third kappa shape index (κ3) is 2.71. The molecule has 0 radical (unpaired) electrons. The standard InChI is InChI=1S/C17H22N4/c1-4-7-17-18-15-8-5-6-9-16(15)20(17)12-14-10-11-21(19-14)13(2)3/h5-6,8-11,13H,4,7,12H2,1-3H3. The molecule has 110 valence electrons. The average molecular weight is 282 g/mol. The number of nitrogens with zero attached hydrogens (tertiary/aromatic N) is 4. The molecule has 0 aliphatic rings. The summed E-state index contributed by atoms with van der Waals surface area (Å²) in [7, 11) is 0. The van der Waals surface area contributed by atoms with Gasteiger partial charge in [-0.1, -0.05) is 19.1 Å². The molecule has 0 aliphatic heterocycles. The highest BCUT2D eigenvalue weighted by Crippen LogP contribution is 2.18. The molecule has 21 heavy (non-hydrogen) atoms. The number of fused-ring (bicyclic) bond motifs is 1. The van der Waals surface area contributed by atoms with Gasteiger partial charge in [0, 0.05) is 18.7 Å². The molecule has 4 nitrogen and oxygen atoms in total. The van der Waals surface area contributed by atoms with Crippen molar-refractivity contribution >= 4 is 11.0 Å². The zero-order chi connectivity index (χ0) is 14.8. The van der Waals surface area contributed by atoms with Gasteiger partial charge in [-0.3, -0.25) is 4.68 Å². The summed E-state index contributed by atoms with van der Waals surface area (Å²) in [4.78, 5) is 4.77. The van der Waals surface area contributed by atoms with E-state index in [-0.39, 0.29) is 0 Å². The molecule has 4 heteroatoms. The topological polar surface area (TPSA) is 35.6 Å². The molecule has 0 bridgehead atoms. The molecule has 3 aromatic rings. The van der Waals surface area contributed by atoms with Gasteiger partial charge in [-0.05, 0) is 38.5 Å². The van der Waals surface area contributed by atoms with E-state index < -0.39 is 0 Å². The Bertz CT molecular complexity index is 736. The summed E-state index contributed by atoms with van der Waals surface area (Å²) in [5.74, 6) is 1.15. The number of aromatic nitrogens is 4. The maximum Gasteiger partial charge on any atom is 0.110 e. The molecule has 2 heterocycles. The zero-order valence-electron chi connectivity index (χ0n) is 13.0. The first-order chi connectivity index (χ1) is 10.2. The van der Waals surface area contributed by atoms with Gasteiger partial charge in [0.15, 0.2) is 0 Å². The van der Waals surface area contributed by atoms with Crippen LogP contribution >= 0.6 is 0 Å². The van der Waals surface area contributed by atoms with Crippen molar-refractivity contribution in [1.82, 2.24) is 19.3 Å². The van der Waals surface area contributed by atoms with E-state index in [9.17, 15) is 0 Å². The highest BCUT2D eigenvalue weighted by atomic mass is 15.3. The number of benzene rings is 1. The van der Waals surface area contributed by atoms with Crippen LogP contribution in [-0.4, -0.2) is 19.3 Å². The number of imidazole rings is 1. The summed E-state index contributed by atoms with van der Waals surface area (Å²) >= 11 is 0. The second-order valence-electron chi connectivity index (χ2n) is 5.73. The molecule has 0 N–H and O–H groups in total. The smallest absolute Gasteiger partial charge is 0.110 e. The van der Waals surface area contributed by atoms with Crippen molar-refractivity contribution in [1.29, 1.82) is 0 Å². The van der Waals surface area contributed by atoms with Gasteiger partial charge in [-0.2, -0.15) is 5.10 Å². The summed E-state index contributed by atoms with van der Waals surface area (Å²) in [6.07, 6.45) is 4.15. The zero-order valence-corrected chi connectivity index (χ0v) is 13.0. The van der Waals surface area contributed by atoms with Gasteiger partial charge < -0.3 is 4.57 Å². The SMILES string of the molecule is CCCc1nc2ccccc2n1Cc1ccn(C(C)C)n1. The minimum atomic E-state index is 0.397. The lowest BCUT2D eigenvalue weighted by atomic mass is 10.3. The minimum absolute atomic E-state index is 0.397. The molecule has 0 spiro atoms. The number of hydrogen-bond acceptors (Lipinski definition) is 2. The Morgan fingerprint density at radius 1 is 1.14 bits per heavy atom. The highest BCUT2D eigenvalue weighted by Gasteiger charge is 2.11. The molecule has 2 aromatic heterocycles. The summed E-state index contributed by atoms with van der Waals surface area (Å²) in [6.45, 7) is 7.27. The van der Waals surface area contributed by atoms with Crippen LogP contribution < -0.4 is 0 Å². The molecule has 0 amide bonds. The van der Waals surface area contributed by atoms with Crippen molar-refractivity contribution in [2.45, 2.75) is 46.2 Å². The summed E-state index contributed by atoms with van der Waals surface area (Å²) in [5, 5.41) is 4.66.